The molecule has 3 heteroatoms. The Morgan fingerprint density at radius 2 is 2.10 bits per heavy atom. The smallest absolute Gasteiger partial charge is 0.0924 e. The van der Waals surface area contributed by atoms with Crippen LogP contribution in [0.3, 0.4) is 0 Å². The maximum Gasteiger partial charge on any atom is 0.0924 e. The minimum atomic E-state index is -0.345. The van der Waals surface area contributed by atoms with Gasteiger partial charge in [-0.1, -0.05) is 5.92 Å². The Labute approximate surface area is 61.1 Å². The van der Waals surface area contributed by atoms with Crippen molar-refractivity contribution in [2.24, 2.45) is 0 Å². The van der Waals surface area contributed by atoms with Gasteiger partial charge >= 0.3 is 0 Å². The summed E-state index contributed by atoms with van der Waals surface area (Å²) in [6.45, 7) is 1.72. The lowest BCUT2D eigenvalue weighted by molar-refractivity contribution is 0.218. The van der Waals surface area contributed by atoms with Gasteiger partial charge in [0.05, 0.1) is 19.3 Å². The first-order valence-electron chi connectivity index (χ1n) is 3.18. The lowest BCUT2D eigenvalue weighted by Crippen LogP contribution is -2.39. The highest BCUT2D eigenvalue weighted by Crippen LogP contribution is 1.83. The van der Waals surface area contributed by atoms with Crippen LogP contribution < -0.4 is 5.32 Å². The summed E-state index contributed by atoms with van der Waals surface area (Å²) in [6.07, 6.45) is 5.03. The molecule has 0 bridgehead atoms. The topological polar surface area (TPSA) is 52.5 Å². The van der Waals surface area contributed by atoms with Crippen molar-refractivity contribution in [1.82, 2.24) is 5.32 Å². The second-order valence-corrected chi connectivity index (χ2v) is 2.15. The molecule has 0 fully saturated rings. The average Bonchev–Trinajstić information content (AvgIpc) is 1.99. The van der Waals surface area contributed by atoms with E-state index in [9.17, 15) is 0 Å². The summed E-state index contributed by atoms with van der Waals surface area (Å²) >= 11 is 0. The Morgan fingerprint density at radius 3 is 2.40 bits per heavy atom. The van der Waals surface area contributed by atoms with Gasteiger partial charge in [0.2, 0.25) is 0 Å². The molecule has 0 saturated carbocycles. The van der Waals surface area contributed by atoms with Gasteiger partial charge in [-0.3, -0.25) is 5.32 Å². The van der Waals surface area contributed by atoms with Crippen LogP contribution in [0, 0.1) is 12.3 Å². The van der Waals surface area contributed by atoms with Crippen molar-refractivity contribution in [3.63, 3.8) is 0 Å². The predicted molar refractivity (Wildman–Crippen MR) is 39.4 cm³/mol. The van der Waals surface area contributed by atoms with Crippen LogP contribution in [0.4, 0.5) is 0 Å². The maximum atomic E-state index is 8.58. The van der Waals surface area contributed by atoms with Crippen molar-refractivity contribution in [3.8, 4) is 12.3 Å². The molecule has 2 atom stereocenters. The van der Waals surface area contributed by atoms with Gasteiger partial charge in [0.25, 0.3) is 0 Å². The Morgan fingerprint density at radius 1 is 1.50 bits per heavy atom. The Bertz CT molecular complexity index is 119. The van der Waals surface area contributed by atoms with E-state index >= 15 is 0 Å². The van der Waals surface area contributed by atoms with E-state index in [0.717, 1.165) is 0 Å². The van der Waals surface area contributed by atoms with Gasteiger partial charge in [0.15, 0.2) is 0 Å². The van der Waals surface area contributed by atoms with Crippen LogP contribution >= 0.6 is 0 Å². The summed E-state index contributed by atoms with van der Waals surface area (Å²) in [4.78, 5) is 0. The van der Waals surface area contributed by atoms with Gasteiger partial charge in [-0.25, -0.2) is 0 Å². The van der Waals surface area contributed by atoms with Crippen LogP contribution in [0.15, 0.2) is 0 Å². The van der Waals surface area contributed by atoms with Crippen molar-refractivity contribution >= 4 is 0 Å². The van der Waals surface area contributed by atoms with Crippen molar-refractivity contribution in [1.29, 1.82) is 0 Å². The molecule has 0 saturated heterocycles. The minimum absolute atomic E-state index is 0.0260. The fourth-order valence-corrected chi connectivity index (χ4v) is 0.550. The third-order valence-electron chi connectivity index (χ3n) is 1.14. The highest BCUT2D eigenvalue weighted by atomic mass is 16.3. The van der Waals surface area contributed by atoms with Gasteiger partial charge < -0.3 is 10.2 Å². The van der Waals surface area contributed by atoms with E-state index in [-0.39, 0.29) is 25.3 Å². The third kappa shape index (κ3) is 3.46. The first-order chi connectivity index (χ1) is 4.74. The minimum Gasteiger partial charge on any atom is -0.395 e. The Kier molecular flexibility index (Phi) is 4.95. The van der Waals surface area contributed by atoms with Crippen LogP contribution in [0.5, 0.6) is 0 Å². The molecule has 0 radical (unpaired) electrons. The molecule has 3 N–H and O–H groups in total. The molecule has 1 unspecified atom stereocenters. The fourth-order valence-electron chi connectivity index (χ4n) is 0.550. The maximum absolute atomic E-state index is 8.58. The molecule has 0 rings (SSSR count). The lowest BCUT2D eigenvalue weighted by atomic mass is 10.2. The lowest BCUT2D eigenvalue weighted by Gasteiger charge is -2.14. The van der Waals surface area contributed by atoms with Crippen molar-refractivity contribution in [3.05, 3.63) is 0 Å². The molecule has 0 heterocycles. The molecule has 0 aromatic rings. The van der Waals surface area contributed by atoms with Gasteiger partial charge in [-0.15, -0.1) is 6.42 Å². The SMILES string of the molecule is C#C[C@@H](CO)NC(C)CO. The summed E-state index contributed by atoms with van der Waals surface area (Å²) in [5.74, 6) is 2.34. The summed E-state index contributed by atoms with van der Waals surface area (Å²) in [7, 11) is 0. The van der Waals surface area contributed by atoms with Crippen LogP contribution in [-0.4, -0.2) is 35.5 Å². The second kappa shape index (κ2) is 5.24. The van der Waals surface area contributed by atoms with Crippen LogP contribution in [-0.2, 0) is 0 Å². The Hall–Kier alpha value is -0.560. The van der Waals surface area contributed by atoms with Gasteiger partial charge in [0.1, 0.15) is 0 Å². The average molecular weight is 143 g/mol. The van der Waals surface area contributed by atoms with Crippen molar-refractivity contribution < 1.29 is 10.2 Å². The highest BCUT2D eigenvalue weighted by Gasteiger charge is 2.05. The molecular weight excluding hydrogens is 130 g/mol. The van der Waals surface area contributed by atoms with Gasteiger partial charge in [0, 0.05) is 6.04 Å². The van der Waals surface area contributed by atoms with E-state index in [0.29, 0.717) is 0 Å². The molecule has 3 nitrogen and oxygen atoms in total. The number of hydrogen-bond acceptors (Lipinski definition) is 3. The number of aliphatic hydroxyl groups excluding tert-OH is 2. The molecule has 0 aliphatic carbocycles. The fraction of sp³-hybridized carbons (Fsp3) is 0.714. The number of nitrogens with one attached hydrogen (secondary N) is 1. The van der Waals surface area contributed by atoms with Gasteiger partial charge in [-0.05, 0) is 6.92 Å². The third-order valence-corrected chi connectivity index (χ3v) is 1.14. The molecule has 0 aliphatic heterocycles. The summed E-state index contributed by atoms with van der Waals surface area (Å²) in [5, 5.41) is 20.0. The molecule has 0 spiro atoms. The van der Waals surface area contributed by atoms with Gasteiger partial charge in [-0.2, -0.15) is 0 Å². The predicted octanol–water partition coefficient (Wildman–Crippen LogP) is -1.05. The first-order valence-corrected chi connectivity index (χ1v) is 3.18. The molecule has 0 aliphatic rings. The van der Waals surface area contributed by atoms with E-state index in [1.165, 1.54) is 0 Å². The number of hydrogen-bond donors (Lipinski definition) is 3. The summed E-state index contributed by atoms with van der Waals surface area (Å²) < 4.78 is 0. The quantitative estimate of drug-likeness (QED) is 0.440. The van der Waals surface area contributed by atoms with E-state index < -0.39 is 0 Å². The monoisotopic (exact) mass is 143 g/mol. The van der Waals surface area contributed by atoms with Crippen LogP contribution in [0.1, 0.15) is 6.92 Å². The van der Waals surface area contributed by atoms with E-state index in [1.54, 1.807) is 6.92 Å². The molecule has 58 valence electrons. The molecule has 10 heavy (non-hydrogen) atoms. The highest BCUT2D eigenvalue weighted by molar-refractivity contribution is 4.99. The van der Waals surface area contributed by atoms with Crippen molar-refractivity contribution in [2.45, 2.75) is 19.0 Å². The van der Waals surface area contributed by atoms with E-state index in [4.69, 9.17) is 16.6 Å². The second-order valence-electron chi connectivity index (χ2n) is 2.15. The van der Waals surface area contributed by atoms with Crippen LogP contribution in [0.25, 0.3) is 0 Å². The zero-order chi connectivity index (χ0) is 7.98. The Balaban J connectivity index is 3.54. The standard InChI is InChI=1S/C7H13NO2/c1-3-7(5-10)8-6(2)4-9/h1,6-10H,4-5H2,2H3/t6?,7-/m0/s1. The summed E-state index contributed by atoms with van der Waals surface area (Å²) in [5.41, 5.74) is 0. The van der Waals surface area contributed by atoms with Crippen molar-refractivity contribution in [2.75, 3.05) is 13.2 Å². The van der Waals surface area contributed by atoms with Crippen LogP contribution in [0.2, 0.25) is 0 Å². The molecule has 0 amide bonds. The van der Waals surface area contributed by atoms with E-state index in [1.807, 2.05) is 0 Å². The normalized spacial score (nSPS) is 15.8. The molecule has 0 aromatic heterocycles. The largest absolute Gasteiger partial charge is 0.395 e. The number of aliphatic hydroxyl groups is 2. The molecular formula is C7H13NO2. The number of terminal acetylenes is 1. The number of rotatable bonds is 4. The summed E-state index contributed by atoms with van der Waals surface area (Å²) in [6, 6.07) is -0.407. The first kappa shape index (κ1) is 9.44. The zero-order valence-corrected chi connectivity index (χ0v) is 6.04. The van der Waals surface area contributed by atoms with E-state index in [2.05, 4.69) is 11.2 Å². The zero-order valence-electron chi connectivity index (χ0n) is 6.04. The molecule has 0 aromatic carbocycles.